The van der Waals surface area contributed by atoms with Gasteiger partial charge in [0.2, 0.25) is 0 Å². The van der Waals surface area contributed by atoms with Crippen LogP contribution in [0.4, 0.5) is 0 Å². The average Bonchev–Trinajstić information content (AvgIpc) is 3.15. The molecule has 1 heterocycles. The first-order valence-corrected chi connectivity index (χ1v) is 6.44. The van der Waals surface area contributed by atoms with Crippen molar-refractivity contribution in [3.8, 4) is 0 Å². The van der Waals surface area contributed by atoms with Gasteiger partial charge in [-0.1, -0.05) is 24.3 Å². The molecule has 86 valence electrons. The van der Waals surface area contributed by atoms with E-state index in [1.165, 1.54) is 31.5 Å². The van der Waals surface area contributed by atoms with Crippen LogP contribution in [-0.2, 0) is 6.54 Å². The summed E-state index contributed by atoms with van der Waals surface area (Å²) < 4.78 is 0. The molecule has 1 aliphatic heterocycles. The van der Waals surface area contributed by atoms with Crippen molar-refractivity contribution >= 4 is 0 Å². The minimum absolute atomic E-state index is 0.878. The van der Waals surface area contributed by atoms with Crippen molar-refractivity contribution < 1.29 is 0 Å². The molecule has 1 N–H and O–H groups in total. The van der Waals surface area contributed by atoms with Gasteiger partial charge in [-0.15, -0.1) is 0 Å². The molecule has 1 aromatic rings. The molecule has 2 fully saturated rings. The second kappa shape index (κ2) is 4.56. The van der Waals surface area contributed by atoms with E-state index in [0.717, 1.165) is 25.6 Å². The Kier molecular flexibility index (Phi) is 2.94. The molecule has 1 saturated carbocycles. The molecular weight excluding hydrogens is 196 g/mol. The predicted octanol–water partition coefficient (Wildman–Crippen LogP) is 1.97. The summed E-state index contributed by atoms with van der Waals surface area (Å²) in [7, 11) is 0. The highest BCUT2D eigenvalue weighted by molar-refractivity contribution is 5.29. The predicted molar refractivity (Wildman–Crippen MR) is 66.6 cm³/mol. The van der Waals surface area contributed by atoms with Crippen LogP contribution in [0.25, 0.3) is 0 Å². The third-order valence-electron chi connectivity index (χ3n) is 3.62. The highest BCUT2D eigenvalue weighted by atomic mass is 15.2. The van der Waals surface area contributed by atoms with Crippen LogP contribution >= 0.6 is 0 Å². The van der Waals surface area contributed by atoms with Gasteiger partial charge in [-0.05, 0) is 29.9 Å². The molecule has 0 atom stereocenters. The smallest absolute Gasteiger partial charge is 0.0234 e. The molecule has 2 nitrogen and oxygen atoms in total. The fourth-order valence-corrected chi connectivity index (χ4v) is 2.49. The van der Waals surface area contributed by atoms with Crippen LogP contribution in [0.2, 0.25) is 0 Å². The van der Waals surface area contributed by atoms with E-state index in [0.29, 0.717) is 0 Å². The molecule has 2 heteroatoms. The normalized spacial score (nSPS) is 22.2. The van der Waals surface area contributed by atoms with Gasteiger partial charge in [0.05, 0.1) is 0 Å². The lowest BCUT2D eigenvalue weighted by atomic mass is 10.1. The summed E-state index contributed by atoms with van der Waals surface area (Å²) >= 11 is 0. The van der Waals surface area contributed by atoms with Gasteiger partial charge >= 0.3 is 0 Å². The van der Waals surface area contributed by atoms with Crippen molar-refractivity contribution in [1.29, 1.82) is 0 Å². The highest BCUT2D eigenvalue weighted by Crippen LogP contribution is 2.40. The van der Waals surface area contributed by atoms with E-state index in [9.17, 15) is 0 Å². The number of benzene rings is 1. The van der Waals surface area contributed by atoms with Crippen LogP contribution < -0.4 is 5.32 Å². The molecule has 1 aromatic carbocycles. The van der Waals surface area contributed by atoms with Crippen molar-refractivity contribution in [3.05, 3.63) is 35.4 Å². The number of hydrogen-bond donors (Lipinski definition) is 1. The Morgan fingerprint density at radius 3 is 2.75 bits per heavy atom. The van der Waals surface area contributed by atoms with Crippen LogP contribution in [0.1, 0.15) is 29.9 Å². The zero-order valence-electron chi connectivity index (χ0n) is 9.78. The Bertz CT molecular complexity index is 352. The molecule has 1 aliphatic carbocycles. The van der Waals surface area contributed by atoms with Crippen molar-refractivity contribution in [3.63, 3.8) is 0 Å². The lowest BCUT2D eigenvalue weighted by Crippen LogP contribution is -2.42. The van der Waals surface area contributed by atoms with E-state index in [1.54, 1.807) is 5.56 Å². The van der Waals surface area contributed by atoms with Crippen LogP contribution in [0.5, 0.6) is 0 Å². The second-order valence-corrected chi connectivity index (χ2v) is 5.05. The molecular formula is C14H20N2. The number of nitrogens with zero attached hydrogens (tertiary/aromatic N) is 1. The SMILES string of the molecule is c1cc(CN2CCNCC2)cc(C2CC2)c1. The molecule has 0 amide bonds. The fourth-order valence-electron chi connectivity index (χ4n) is 2.49. The van der Waals surface area contributed by atoms with Gasteiger partial charge in [0.1, 0.15) is 0 Å². The van der Waals surface area contributed by atoms with Crippen LogP contribution in [0.15, 0.2) is 24.3 Å². The van der Waals surface area contributed by atoms with E-state index in [1.807, 2.05) is 0 Å². The summed E-state index contributed by atoms with van der Waals surface area (Å²) in [5.41, 5.74) is 3.05. The number of piperazine rings is 1. The standard InChI is InChI=1S/C14H20N2/c1-2-12(10-14(3-1)13-4-5-13)11-16-8-6-15-7-9-16/h1-3,10,13,15H,4-9,11H2. The number of nitrogens with one attached hydrogen (secondary N) is 1. The Morgan fingerprint density at radius 1 is 1.19 bits per heavy atom. The monoisotopic (exact) mass is 216 g/mol. The molecule has 1 saturated heterocycles. The Balaban J connectivity index is 1.66. The Hall–Kier alpha value is -0.860. The lowest BCUT2D eigenvalue weighted by molar-refractivity contribution is 0.233. The molecule has 0 radical (unpaired) electrons. The third-order valence-corrected chi connectivity index (χ3v) is 3.62. The third kappa shape index (κ3) is 2.45. The quantitative estimate of drug-likeness (QED) is 0.831. The van der Waals surface area contributed by atoms with E-state index >= 15 is 0 Å². The Labute approximate surface area is 97.6 Å². The maximum Gasteiger partial charge on any atom is 0.0234 e. The van der Waals surface area contributed by atoms with Gasteiger partial charge in [-0.3, -0.25) is 4.90 Å². The molecule has 0 unspecified atom stereocenters. The minimum atomic E-state index is 0.878. The molecule has 2 aliphatic rings. The van der Waals surface area contributed by atoms with E-state index in [2.05, 4.69) is 34.5 Å². The second-order valence-electron chi connectivity index (χ2n) is 5.05. The summed E-state index contributed by atoms with van der Waals surface area (Å²) in [5.74, 6) is 0.878. The van der Waals surface area contributed by atoms with E-state index in [4.69, 9.17) is 0 Å². The minimum Gasteiger partial charge on any atom is -0.314 e. The molecule has 0 spiro atoms. The molecule has 16 heavy (non-hydrogen) atoms. The maximum atomic E-state index is 3.40. The first-order valence-electron chi connectivity index (χ1n) is 6.44. The van der Waals surface area contributed by atoms with E-state index < -0.39 is 0 Å². The maximum absolute atomic E-state index is 3.40. The summed E-state index contributed by atoms with van der Waals surface area (Å²) in [4.78, 5) is 2.54. The number of rotatable bonds is 3. The zero-order chi connectivity index (χ0) is 10.8. The van der Waals surface area contributed by atoms with Crippen LogP contribution in [0.3, 0.4) is 0 Å². The molecule has 0 bridgehead atoms. The van der Waals surface area contributed by atoms with E-state index in [-0.39, 0.29) is 0 Å². The summed E-state index contributed by atoms with van der Waals surface area (Å²) in [5, 5.41) is 3.40. The summed E-state index contributed by atoms with van der Waals surface area (Å²) in [6.45, 7) is 5.79. The van der Waals surface area contributed by atoms with Crippen molar-refractivity contribution in [2.45, 2.75) is 25.3 Å². The van der Waals surface area contributed by atoms with Gasteiger partial charge in [0.25, 0.3) is 0 Å². The van der Waals surface area contributed by atoms with Gasteiger partial charge in [0.15, 0.2) is 0 Å². The highest BCUT2D eigenvalue weighted by Gasteiger charge is 2.23. The summed E-state index contributed by atoms with van der Waals surface area (Å²) in [6, 6.07) is 9.21. The van der Waals surface area contributed by atoms with Gasteiger partial charge in [-0.2, -0.15) is 0 Å². The lowest BCUT2D eigenvalue weighted by Gasteiger charge is -2.27. The fraction of sp³-hybridized carbons (Fsp3) is 0.571. The van der Waals surface area contributed by atoms with Gasteiger partial charge in [-0.25, -0.2) is 0 Å². The topological polar surface area (TPSA) is 15.3 Å². The van der Waals surface area contributed by atoms with Gasteiger partial charge < -0.3 is 5.32 Å². The van der Waals surface area contributed by atoms with Crippen molar-refractivity contribution in [2.24, 2.45) is 0 Å². The van der Waals surface area contributed by atoms with Crippen LogP contribution in [0, 0.1) is 0 Å². The zero-order valence-corrected chi connectivity index (χ0v) is 9.78. The first-order chi connectivity index (χ1) is 7.92. The van der Waals surface area contributed by atoms with Crippen molar-refractivity contribution in [2.75, 3.05) is 26.2 Å². The molecule has 3 rings (SSSR count). The summed E-state index contributed by atoms with van der Waals surface area (Å²) in [6.07, 6.45) is 2.80. The van der Waals surface area contributed by atoms with Crippen LogP contribution in [-0.4, -0.2) is 31.1 Å². The molecule has 0 aromatic heterocycles. The largest absolute Gasteiger partial charge is 0.314 e. The first kappa shape index (κ1) is 10.3. The van der Waals surface area contributed by atoms with Gasteiger partial charge in [0, 0.05) is 32.7 Å². The Morgan fingerprint density at radius 2 is 2.00 bits per heavy atom. The number of hydrogen-bond acceptors (Lipinski definition) is 2. The average molecular weight is 216 g/mol. The van der Waals surface area contributed by atoms with Crippen molar-refractivity contribution in [1.82, 2.24) is 10.2 Å².